The van der Waals surface area contributed by atoms with Crippen LogP contribution in [0.3, 0.4) is 0 Å². The molecule has 2 aromatic rings. The molecule has 0 saturated carbocycles. The van der Waals surface area contributed by atoms with E-state index in [9.17, 15) is 4.79 Å². The fourth-order valence-electron chi connectivity index (χ4n) is 2.98. The number of anilines is 1. The van der Waals surface area contributed by atoms with E-state index in [1.165, 1.54) is 11.1 Å². The molecule has 0 fully saturated rings. The van der Waals surface area contributed by atoms with Crippen molar-refractivity contribution in [2.45, 2.75) is 18.9 Å². The third-order valence-electron chi connectivity index (χ3n) is 4.15. The second-order valence-corrected chi connectivity index (χ2v) is 6.17. The van der Waals surface area contributed by atoms with E-state index in [4.69, 9.17) is 5.73 Å². The summed E-state index contributed by atoms with van der Waals surface area (Å²) in [5.41, 5.74) is 9.67. The zero-order chi connectivity index (χ0) is 15.0. The quantitative estimate of drug-likeness (QED) is 0.842. The Labute approximate surface area is 132 Å². The highest BCUT2D eigenvalue weighted by atomic mass is 79.9. The van der Waals surface area contributed by atoms with Crippen molar-refractivity contribution in [3.8, 4) is 0 Å². The van der Waals surface area contributed by atoms with Crippen LogP contribution in [0.15, 0.2) is 46.9 Å². The van der Waals surface area contributed by atoms with Crippen molar-refractivity contribution < 1.29 is 4.79 Å². The normalized spacial score (nSPS) is 16.6. The summed E-state index contributed by atoms with van der Waals surface area (Å²) in [5.74, 6) is -0.00382. The van der Waals surface area contributed by atoms with Gasteiger partial charge in [-0.2, -0.15) is 0 Å². The van der Waals surface area contributed by atoms with Gasteiger partial charge in [-0.05, 0) is 52.0 Å². The molecule has 0 heterocycles. The standard InChI is InChI=1S/C17H17BrN2O/c1-20(15-10-9-11-5-2-3-6-12(11)15)17(21)13-7-4-8-14(19)16(13)18/h2-8,15H,9-10,19H2,1H3. The van der Waals surface area contributed by atoms with Gasteiger partial charge in [0.2, 0.25) is 0 Å². The Bertz CT molecular complexity index is 699. The monoisotopic (exact) mass is 344 g/mol. The largest absolute Gasteiger partial charge is 0.398 e. The molecule has 2 aromatic carbocycles. The van der Waals surface area contributed by atoms with Crippen molar-refractivity contribution in [1.29, 1.82) is 0 Å². The highest BCUT2D eigenvalue weighted by Crippen LogP contribution is 2.36. The first kappa shape index (κ1) is 14.1. The molecule has 0 aromatic heterocycles. The van der Waals surface area contributed by atoms with Gasteiger partial charge in [0.1, 0.15) is 0 Å². The smallest absolute Gasteiger partial charge is 0.255 e. The summed E-state index contributed by atoms with van der Waals surface area (Å²) in [6.07, 6.45) is 2.00. The van der Waals surface area contributed by atoms with Crippen LogP contribution in [0, 0.1) is 0 Å². The summed E-state index contributed by atoms with van der Waals surface area (Å²) < 4.78 is 0.674. The van der Waals surface area contributed by atoms with Crippen LogP contribution in [0.5, 0.6) is 0 Å². The third-order valence-corrected chi connectivity index (χ3v) is 5.03. The van der Waals surface area contributed by atoms with Crippen LogP contribution in [0.1, 0.15) is 33.9 Å². The van der Waals surface area contributed by atoms with E-state index in [1.54, 1.807) is 12.1 Å². The maximum absolute atomic E-state index is 12.8. The number of hydrogen-bond acceptors (Lipinski definition) is 2. The molecule has 108 valence electrons. The molecule has 1 amide bonds. The summed E-state index contributed by atoms with van der Waals surface area (Å²) in [6, 6.07) is 13.9. The third kappa shape index (κ3) is 2.44. The number of carbonyl (C=O) groups is 1. The van der Waals surface area contributed by atoms with Gasteiger partial charge in [0, 0.05) is 12.7 Å². The van der Waals surface area contributed by atoms with E-state index >= 15 is 0 Å². The van der Waals surface area contributed by atoms with Crippen LogP contribution >= 0.6 is 15.9 Å². The molecule has 2 N–H and O–H groups in total. The first-order chi connectivity index (χ1) is 10.1. The second-order valence-electron chi connectivity index (χ2n) is 5.38. The first-order valence-corrected chi connectivity index (χ1v) is 7.78. The Morgan fingerprint density at radius 2 is 2.00 bits per heavy atom. The lowest BCUT2D eigenvalue weighted by molar-refractivity contribution is 0.0729. The zero-order valence-corrected chi connectivity index (χ0v) is 13.4. The van der Waals surface area contributed by atoms with Crippen LogP contribution < -0.4 is 5.73 Å². The number of amides is 1. The number of carbonyl (C=O) groups excluding carboxylic acids is 1. The summed E-state index contributed by atoms with van der Waals surface area (Å²) in [4.78, 5) is 14.6. The Hall–Kier alpha value is -1.81. The lowest BCUT2D eigenvalue weighted by Gasteiger charge is -2.26. The predicted molar refractivity (Wildman–Crippen MR) is 88.2 cm³/mol. The number of nitrogens with two attached hydrogens (primary N) is 1. The molecule has 4 heteroatoms. The van der Waals surface area contributed by atoms with E-state index in [0.717, 1.165) is 12.8 Å². The molecule has 0 spiro atoms. The molecular formula is C17H17BrN2O. The van der Waals surface area contributed by atoms with Gasteiger partial charge in [0.15, 0.2) is 0 Å². The maximum Gasteiger partial charge on any atom is 0.255 e. The fraction of sp³-hybridized carbons (Fsp3) is 0.235. The number of halogens is 1. The van der Waals surface area contributed by atoms with Crippen molar-refractivity contribution >= 4 is 27.5 Å². The van der Waals surface area contributed by atoms with Gasteiger partial charge in [-0.1, -0.05) is 30.3 Å². The van der Waals surface area contributed by atoms with Crippen molar-refractivity contribution in [2.75, 3.05) is 12.8 Å². The van der Waals surface area contributed by atoms with E-state index in [2.05, 4.69) is 34.1 Å². The fourth-order valence-corrected chi connectivity index (χ4v) is 3.42. The number of nitrogens with zero attached hydrogens (tertiary/aromatic N) is 1. The number of fused-ring (bicyclic) bond motifs is 1. The van der Waals surface area contributed by atoms with Crippen molar-refractivity contribution in [1.82, 2.24) is 4.90 Å². The van der Waals surface area contributed by atoms with Gasteiger partial charge in [0.05, 0.1) is 16.1 Å². The molecule has 0 saturated heterocycles. The number of aryl methyl sites for hydroxylation is 1. The van der Waals surface area contributed by atoms with E-state index < -0.39 is 0 Å². The molecule has 1 atom stereocenters. The molecule has 1 unspecified atom stereocenters. The lowest BCUT2D eigenvalue weighted by atomic mass is 10.1. The Kier molecular flexibility index (Phi) is 3.72. The van der Waals surface area contributed by atoms with Crippen molar-refractivity contribution in [3.05, 3.63) is 63.6 Å². The molecule has 0 bridgehead atoms. The van der Waals surface area contributed by atoms with Gasteiger partial charge in [-0.25, -0.2) is 0 Å². The van der Waals surface area contributed by atoms with Gasteiger partial charge < -0.3 is 10.6 Å². The molecule has 0 radical (unpaired) electrons. The Morgan fingerprint density at radius 3 is 2.81 bits per heavy atom. The molecular weight excluding hydrogens is 328 g/mol. The summed E-state index contributed by atoms with van der Waals surface area (Å²) >= 11 is 3.42. The molecule has 1 aliphatic carbocycles. The van der Waals surface area contributed by atoms with Crippen LogP contribution in [-0.4, -0.2) is 17.9 Å². The maximum atomic E-state index is 12.8. The average Bonchev–Trinajstić information content (AvgIpc) is 2.92. The van der Waals surface area contributed by atoms with E-state index in [-0.39, 0.29) is 11.9 Å². The molecule has 0 aliphatic heterocycles. The first-order valence-electron chi connectivity index (χ1n) is 6.98. The molecule has 3 nitrogen and oxygen atoms in total. The minimum Gasteiger partial charge on any atom is -0.398 e. The predicted octanol–water partition coefficient (Wildman–Crippen LogP) is 3.79. The highest BCUT2D eigenvalue weighted by Gasteiger charge is 2.29. The van der Waals surface area contributed by atoms with E-state index in [1.807, 2.05) is 24.1 Å². The van der Waals surface area contributed by atoms with Gasteiger partial charge in [-0.15, -0.1) is 0 Å². The topological polar surface area (TPSA) is 46.3 Å². The minimum atomic E-state index is -0.00382. The highest BCUT2D eigenvalue weighted by molar-refractivity contribution is 9.10. The van der Waals surface area contributed by atoms with Crippen molar-refractivity contribution in [3.63, 3.8) is 0 Å². The van der Waals surface area contributed by atoms with E-state index in [0.29, 0.717) is 15.7 Å². The number of rotatable bonds is 2. The minimum absolute atomic E-state index is 0.00382. The SMILES string of the molecule is CN(C(=O)c1cccc(N)c1Br)C1CCc2ccccc21. The van der Waals surface area contributed by atoms with Crippen LogP contribution in [0.25, 0.3) is 0 Å². The molecule has 21 heavy (non-hydrogen) atoms. The molecule has 1 aliphatic rings. The lowest BCUT2D eigenvalue weighted by Crippen LogP contribution is -2.30. The second kappa shape index (κ2) is 5.53. The van der Waals surface area contributed by atoms with Crippen LogP contribution in [0.4, 0.5) is 5.69 Å². The Morgan fingerprint density at radius 1 is 1.24 bits per heavy atom. The zero-order valence-electron chi connectivity index (χ0n) is 11.8. The van der Waals surface area contributed by atoms with Gasteiger partial charge in [0.25, 0.3) is 5.91 Å². The summed E-state index contributed by atoms with van der Waals surface area (Å²) in [7, 11) is 1.87. The number of nitrogen functional groups attached to an aromatic ring is 1. The molecule has 3 rings (SSSR count). The van der Waals surface area contributed by atoms with Crippen molar-refractivity contribution in [2.24, 2.45) is 0 Å². The number of hydrogen-bond donors (Lipinski definition) is 1. The number of benzene rings is 2. The average molecular weight is 345 g/mol. The van der Waals surface area contributed by atoms with Crippen LogP contribution in [0.2, 0.25) is 0 Å². The summed E-state index contributed by atoms with van der Waals surface area (Å²) in [6.45, 7) is 0. The van der Waals surface area contributed by atoms with Gasteiger partial charge in [-0.3, -0.25) is 4.79 Å². The summed E-state index contributed by atoms with van der Waals surface area (Å²) in [5, 5.41) is 0. The Balaban J connectivity index is 1.91. The van der Waals surface area contributed by atoms with Gasteiger partial charge >= 0.3 is 0 Å². The van der Waals surface area contributed by atoms with Crippen LogP contribution in [-0.2, 0) is 6.42 Å².